The van der Waals surface area contributed by atoms with Crippen molar-refractivity contribution in [2.24, 2.45) is 0 Å². The molecule has 96 valence electrons. The van der Waals surface area contributed by atoms with Crippen molar-refractivity contribution in [1.29, 1.82) is 0 Å². The lowest BCUT2D eigenvalue weighted by Crippen LogP contribution is -2.35. The monoisotopic (exact) mass is 446 g/mol. The van der Waals surface area contributed by atoms with E-state index in [0.29, 0.717) is 0 Å². The Morgan fingerprint density at radius 2 is 1.76 bits per heavy atom. The summed E-state index contributed by atoms with van der Waals surface area (Å²) in [5.74, 6) is 0. The number of hydrogen-bond acceptors (Lipinski definition) is 2. The Kier molecular flexibility index (Phi) is 4.89. The minimum atomic E-state index is -3.16. The van der Waals surface area contributed by atoms with Crippen molar-refractivity contribution < 1.29 is 8.42 Å². The molecule has 0 N–H and O–H groups in total. The summed E-state index contributed by atoms with van der Waals surface area (Å²) < 4.78 is 24.5. The molecule has 1 rings (SSSR count). The van der Waals surface area contributed by atoms with Crippen LogP contribution < -0.4 is 0 Å². The topological polar surface area (TPSA) is 34.1 Å². The van der Waals surface area contributed by atoms with Gasteiger partial charge in [-0.25, -0.2) is 8.42 Å². The number of alkyl halides is 1. The summed E-state index contributed by atoms with van der Waals surface area (Å²) in [4.78, 5) is -0.281. The fourth-order valence-corrected chi connectivity index (χ4v) is 4.33. The number of benzene rings is 1. The summed E-state index contributed by atoms with van der Waals surface area (Å²) in [5.41, 5.74) is 0.912. The third-order valence-electron chi connectivity index (χ3n) is 2.80. The van der Waals surface area contributed by atoms with Gasteiger partial charge in [-0.15, -0.1) is 0 Å². The van der Waals surface area contributed by atoms with E-state index in [9.17, 15) is 8.42 Å². The summed E-state index contributed by atoms with van der Waals surface area (Å²) in [5, 5.41) is 0. The van der Waals surface area contributed by atoms with Crippen LogP contribution in [0, 0.1) is 0 Å². The molecule has 0 heterocycles. The molecule has 0 bridgehead atoms. The molecule has 2 nitrogen and oxygen atoms in total. The normalized spacial score (nSPS) is 14.7. The summed E-state index contributed by atoms with van der Waals surface area (Å²) in [6, 6.07) is 5.71. The summed E-state index contributed by atoms with van der Waals surface area (Å²) in [6.07, 6.45) is 1.26. The fourth-order valence-electron chi connectivity index (χ4n) is 1.27. The molecule has 0 saturated carbocycles. The minimum absolute atomic E-state index is 0.281. The van der Waals surface area contributed by atoms with Crippen LogP contribution in [0.4, 0.5) is 0 Å². The van der Waals surface area contributed by atoms with Gasteiger partial charge >= 0.3 is 0 Å². The Bertz CT molecular complexity index is 524. The van der Waals surface area contributed by atoms with E-state index < -0.39 is 14.6 Å². The van der Waals surface area contributed by atoms with Crippen molar-refractivity contribution in [2.45, 2.75) is 23.4 Å². The van der Waals surface area contributed by atoms with Crippen molar-refractivity contribution in [3.05, 3.63) is 32.7 Å². The van der Waals surface area contributed by atoms with Crippen molar-refractivity contribution in [1.82, 2.24) is 0 Å². The Morgan fingerprint density at radius 3 is 2.24 bits per heavy atom. The van der Waals surface area contributed by atoms with E-state index in [1.807, 2.05) is 18.2 Å². The van der Waals surface area contributed by atoms with E-state index in [1.54, 1.807) is 13.8 Å². The van der Waals surface area contributed by atoms with Gasteiger partial charge < -0.3 is 0 Å². The first-order valence-corrected chi connectivity index (χ1v) is 9.25. The molecule has 1 aromatic rings. The lowest BCUT2D eigenvalue weighted by molar-refractivity contribution is 0.548. The highest BCUT2D eigenvalue weighted by atomic mass is 79.9. The van der Waals surface area contributed by atoms with E-state index in [0.717, 1.165) is 14.5 Å². The average molecular weight is 449 g/mol. The molecule has 0 aliphatic heterocycles. The van der Waals surface area contributed by atoms with Crippen LogP contribution in [0.1, 0.15) is 24.2 Å². The second kappa shape index (κ2) is 5.31. The zero-order valence-electron chi connectivity index (χ0n) is 9.67. The first-order valence-electron chi connectivity index (χ1n) is 4.86. The molecule has 1 unspecified atom stereocenters. The van der Waals surface area contributed by atoms with Crippen LogP contribution in [0.25, 0.3) is 0 Å². The van der Waals surface area contributed by atoms with E-state index in [4.69, 9.17) is 0 Å². The first kappa shape index (κ1) is 15.7. The van der Waals surface area contributed by atoms with Crippen molar-refractivity contribution in [2.75, 3.05) is 6.26 Å². The van der Waals surface area contributed by atoms with Crippen molar-refractivity contribution in [3.63, 3.8) is 0 Å². The van der Waals surface area contributed by atoms with Gasteiger partial charge in [0.15, 0.2) is 9.84 Å². The van der Waals surface area contributed by atoms with Gasteiger partial charge in [0.2, 0.25) is 0 Å². The number of hydrogen-bond donors (Lipinski definition) is 0. The molecule has 0 aromatic heterocycles. The van der Waals surface area contributed by atoms with Gasteiger partial charge in [-0.3, -0.25) is 0 Å². The van der Waals surface area contributed by atoms with Gasteiger partial charge in [0.25, 0.3) is 0 Å². The molecule has 6 heteroatoms. The van der Waals surface area contributed by atoms with E-state index >= 15 is 0 Å². The second-order valence-corrected chi connectivity index (χ2v) is 9.69. The maximum Gasteiger partial charge on any atom is 0.154 e. The molecule has 0 radical (unpaired) electrons. The first-order chi connectivity index (χ1) is 7.57. The predicted molar refractivity (Wildman–Crippen MR) is 82.4 cm³/mol. The Labute approximate surface area is 127 Å². The van der Waals surface area contributed by atoms with Crippen LogP contribution >= 0.6 is 47.8 Å². The molecule has 1 atom stereocenters. The highest BCUT2D eigenvalue weighted by Gasteiger charge is 2.39. The molecule has 0 amide bonds. The second-order valence-electron chi connectivity index (χ2n) is 4.40. The van der Waals surface area contributed by atoms with Gasteiger partial charge in [0.05, 0.1) is 9.57 Å². The van der Waals surface area contributed by atoms with Gasteiger partial charge in [-0.2, -0.15) is 0 Å². The summed E-state index contributed by atoms with van der Waals surface area (Å²) >= 11 is 10.3. The number of rotatable bonds is 3. The molecule has 0 aliphatic carbocycles. The molecule has 0 saturated heterocycles. The molecular weight excluding hydrogens is 436 g/mol. The van der Waals surface area contributed by atoms with Crippen molar-refractivity contribution >= 4 is 57.6 Å². The van der Waals surface area contributed by atoms with E-state index in [1.165, 1.54) is 6.26 Å². The van der Waals surface area contributed by atoms with Crippen LogP contribution in [0.2, 0.25) is 0 Å². The third-order valence-corrected chi connectivity index (χ3v) is 8.10. The quantitative estimate of drug-likeness (QED) is 0.639. The highest BCUT2D eigenvalue weighted by molar-refractivity contribution is 9.11. The number of halogens is 3. The zero-order chi connectivity index (χ0) is 13.4. The van der Waals surface area contributed by atoms with Crippen molar-refractivity contribution in [3.8, 4) is 0 Å². The largest absolute Gasteiger partial charge is 0.229 e. The van der Waals surface area contributed by atoms with Crippen LogP contribution in [0.5, 0.6) is 0 Å². The van der Waals surface area contributed by atoms with Crippen LogP contribution in [0.15, 0.2) is 27.1 Å². The van der Waals surface area contributed by atoms with Gasteiger partial charge in [-0.1, -0.05) is 47.8 Å². The Balaban J connectivity index is 3.30. The van der Waals surface area contributed by atoms with Gasteiger partial charge in [-0.05, 0) is 37.6 Å². The van der Waals surface area contributed by atoms with Gasteiger partial charge in [0, 0.05) is 15.2 Å². The molecule has 0 aliphatic rings. The summed E-state index contributed by atoms with van der Waals surface area (Å²) in [6.45, 7) is 3.43. The smallest absolute Gasteiger partial charge is 0.154 e. The van der Waals surface area contributed by atoms with Crippen LogP contribution in [0.3, 0.4) is 0 Å². The maximum atomic E-state index is 11.8. The van der Waals surface area contributed by atoms with Crippen LogP contribution in [-0.2, 0) is 9.84 Å². The fraction of sp³-hybridized carbons (Fsp3) is 0.455. The lowest BCUT2D eigenvalue weighted by Gasteiger charge is -2.29. The molecular formula is C11H13Br3O2S. The molecule has 0 spiro atoms. The minimum Gasteiger partial charge on any atom is -0.229 e. The molecule has 17 heavy (non-hydrogen) atoms. The third kappa shape index (κ3) is 3.33. The van der Waals surface area contributed by atoms with Gasteiger partial charge in [0.1, 0.15) is 0 Å². The predicted octanol–water partition coefficient (Wildman–Crippen LogP) is 4.47. The van der Waals surface area contributed by atoms with Crippen LogP contribution in [-0.4, -0.2) is 19.4 Å². The maximum absolute atomic E-state index is 11.8. The molecule has 1 aromatic carbocycles. The molecule has 0 fully saturated rings. The highest BCUT2D eigenvalue weighted by Crippen LogP contribution is 2.42. The summed E-state index contributed by atoms with van der Waals surface area (Å²) in [7, 11) is -3.16. The average Bonchev–Trinajstić information content (AvgIpc) is 2.19. The lowest BCUT2D eigenvalue weighted by atomic mass is 10.0. The van der Waals surface area contributed by atoms with E-state index in [-0.39, 0.29) is 4.83 Å². The Morgan fingerprint density at radius 1 is 1.24 bits per heavy atom. The van der Waals surface area contributed by atoms with E-state index in [2.05, 4.69) is 47.8 Å². The SMILES string of the molecule is CC(C)(C(Br)c1cc(Br)ccc1Br)S(C)(=O)=O. The number of sulfone groups is 1. The Hall–Kier alpha value is 0.610. The zero-order valence-corrected chi connectivity index (χ0v) is 15.2. The standard InChI is InChI=1S/C11H13Br3O2S/c1-11(2,17(3,15)16)10(14)8-6-7(12)4-5-9(8)13/h4-6,10H,1-3H3.